The zero-order valence-electron chi connectivity index (χ0n) is 19.8. The number of anilines is 3. The SMILES string of the molecule is CC(C)OC(=S)N1CCC(Oc2cc(N3CCc4cc(N5CCCC5=O)ccc43)ncn2)CC1. The van der Waals surface area contributed by atoms with Gasteiger partial charge in [0.2, 0.25) is 11.8 Å². The lowest BCUT2D eigenvalue weighted by molar-refractivity contribution is -0.117. The van der Waals surface area contributed by atoms with Gasteiger partial charge in [-0.05, 0) is 62.7 Å². The molecule has 8 nitrogen and oxygen atoms in total. The predicted octanol–water partition coefficient (Wildman–Crippen LogP) is 3.85. The van der Waals surface area contributed by atoms with E-state index in [2.05, 4.69) is 31.9 Å². The number of thiocarbonyl (C=S) groups is 1. The second kappa shape index (κ2) is 9.74. The molecule has 2 fully saturated rings. The molecule has 0 spiro atoms. The van der Waals surface area contributed by atoms with Crippen LogP contribution in [0, 0.1) is 0 Å². The average Bonchev–Trinajstić information content (AvgIpc) is 3.45. The van der Waals surface area contributed by atoms with Crippen molar-refractivity contribution < 1.29 is 14.3 Å². The summed E-state index contributed by atoms with van der Waals surface area (Å²) in [5, 5.41) is 0.572. The number of rotatable bonds is 5. The Morgan fingerprint density at radius 1 is 1.06 bits per heavy atom. The van der Waals surface area contributed by atoms with Gasteiger partial charge >= 0.3 is 0 Å². The zero-order valence-corrected chi connectivity index (χ0v) is 20.6. The molecule has 3 aliphatic rings. The standard InChI is InChI=1S/C25H31N5O3S/c1-17(2)32-25(34)28-11-8-20(9-12-28)33-23-15-22(26-16-27-23)30-13-7-18-14-19(5-6-21(18)30)29-10-3-4-24(29)31/h5-6,14-17,20H,3-4,7-13H2,1-2H3. The second-order valence-corrected chi connectivity index (χ2v) is 9.66. The van der Waals surface area contributed by atoms with Gasteiger partial charge < -0.3 is 24.2 Å². The molecule has 180 valence electrons. The zero-order chi connectivity index (χ0) is 23.7. The Hall–Kier alpha value is -2.94. The van der Waals surface area contributed by atoms with Crippen LogP contribution in [-0.4, -0.2) is 64.3 Å². The quantitative estimate of drug-likeness (QED) is 0.597. The lowest BCUT2D eigenvalue weighted by atomic mass is 10.1. The highest BCUT2D eigenvalue weighted by Crippen LogP contribution is 2.37. The highest BCUT2D eigenvalue weighted by Gasteiger charge is 2.27. The fourth-order valence-corrected chi connectivity index (χ4v) is 5.24. The molecule has 9 heteroatoms. The minimum Gasteiger partial charge on any atom is -0.474 e. The van der Waals surface area contributed by atoms with Crippen LogP contribution in [0.5, 0.6) is 5.88 Å². The molecule has 5 rings (SSSR count). The molecule has 34 heavy (non-hydrogen) atoms. The van der Waals surface area contributed by atoms with E-state index in [1.54, 1.807) is 6.33 Å². The number of nitrogens with zero attached hydrogens (tertiary/aromatic N) is 5. The van der Waals surface area contributed by atoms with E-state index in [0.29, 0.717) is 17.5 Å². The van der Waals surface area contributed by atoms with Crippen LogP contribution in [0.4, 0.5) is 17.2 Å². The number of hydrogen-bond donors (Lipinski definition) is 0. The molecular formula is C25H31N5O3S. The minimum atomic E-state index is 0.0888. The summed E-state index contributed by atoms with van der Waals surface area (Å²) in [4.78, 5) is 27.2. The van der Waals surface area contributed by atoms with Crippen molar-refractivity contribution in [2.75, 3.05) is 36.0 Å². The van der Waals surface area contributed by atoms with Crippen molar-refractivity contribution in [3.05, 3.63) is 36.2 Å². The van der Waals surface area contributed by atoms with Gasteiger partial charge in [0.05, 0.1) is 6.10 Å². The fourth-order valence-electron chi connectivity index (χ4n) is 4.86. The summed E-state index contributed by atoms with van der Waals surface area (Å²) in [6.07, 6.45) is 5.98. The monoisotopic (exact) mass is 481 g/mol. The maximum atomic E-state index is 12.1. The number of likely N-dealkylation sites (tertiary alicyclic amines) is 1. The Kier molecular flexibility index (Phi) is 6.54. The van der Waals surface area contributed by atoms with E-state index in [4.69, 9.17) is 21.7 Å². The van der Waals surface area contributed by atoms with Crippen LogP contribution in [0.25, 0.3) is 0 Å². The van der Waals surface area contributed by atoms with E-state index in [-0.39, 0.29) is 18.1 Å². The van der Waals surface area contributed by atoms with E-state index in [9.17, 15) is 4.79 Å². The third kappa shape index (κ3) is 4.80. The molecule has 2 aromatic rings. The van der Waals surface area contributed by atoms with E-state index >= 15 is 0 Å². The summed E-state index contributed by atoms with van der Waals surface area (Å²) < 4.78 is 11.9. The van der Waals surface area contributed by atoms with Gasteiger partial charge in [0, 0.05) is 62.9 Å². The minimum absolute atomic E-state index is 0.0888. The first-order valence-electron chi connectivity index (χ1n) is 12.1. The van der Waals surface area contributed by atoms with Crippen LogP contribution in [0.2, 0.25) is 0 Å². The van der Waals surface area contributed by atoms with E-state index in [1.807, 2.05) is 30.9 Å². The number of carbonyl (C=O) groups is 1. The van der Waals surface area contributed by atoms with Gasteiger partial charge in [0.1, 0.15) is 18.2 Å². The summed E-state index contributed by atoms with van der Waals surface area (Å²) in [6.45, 7) is 7.26. The predicted molar refractivity (Wildman–Crippen MR) is 135 cm³/mol. The maximum Gasteiger partial charge on any atom is 0.259 e. The van der Waals surface area contributed by atoms with E-state index in [0.717, 1.165) is 69.1 Å². The first-order chi connectivity index (χ1) is 16.5. The molecule has 1 aromatic carbocycles. The highest BCUT2D eigenvalue weighted by molar-refractivity contribution is 7.80. The molecule has 0 atom stereocenters. The van der Waals surface area contributed by atoms with Gasteiger partial charge in [0.25, 0.3) is 5.17 Å². The number of piperidine rings is 1. The Labute approximate surface area is 205 Å². The van der Waals surface area contributed by atoms with E-state index in [1.165, 1.54) is 5.56 Å². The molecule has 3 aliphatic heterocycles. The third-order valence-electron chi connectivity index (χ3n) is 6.57. The fraction of sp³-hybridized carbons (Fsp3) is 0.520. The van der Waals surface area contributed by atoms with Crippen LogP contribution in [0.3, 0.4) is 0 Å². The molecule has 1 amide bonds. The smallest absolute Gasteiger partial charge is 0.259 e. The first kappa shape index (κ1) is 22.8. The third-order valence-corrected chi connectivity index (χ3v) is 6.93. The Balaban J connectivity index is 1.23. The number of carbonyl (C=O) groups excluding carboxylic acids is 1. The number of amides is 1. The van der Waals surface area contributed by atoms with Crippen molar-refractivity contribution in [1.82, 2.24) is 14.9 Å². The van der Waals surface area contributed by atoms with Crippen molar-refractivity contribution in [2.45, 2.75) is 58.2 Å². The van der Waals surface area contributed by atoms with Crippen LogP contribution in [0.1, 0.15) is 45.1 Å². The first-order valence-corrected chi connectivity index (χ1v) is 12.5. The molecule has 0 aliphatic carbocycles. The number of ether oxygens (including phenoxy) is 2. The van der Waals surface area contributed by atoms with Gasteiger partial charge in [-0.2, -0.15) is 0 Å². The lowest BCUT2D eigenvalue weighted by Crippen LogP contribution is -2.42. The Morgan fingerprint density at radius 3 is 2.62 bits per heavy atom. The van der Waals surface area contributed by atoms with Crippen molar-refractivity contribution in [2.24, 2.45) is 0 Å². The molecule has 2 saturated heterocycles. The van der Waals surface area contributed by atoms with Crippen molar-refractivity contribution >= 4 is 40.5 Å². The summed E-state index contributed by atoms with van der Waals surface area (Å²) in [7, 11) is 0. The Bertz CT molecular complexity index is 1070. The molecule has 0 saturated carbocycles. The van der Waals surface area contributed by atoms with Gasteiger partial charge in [-0.25, -0.2) is 9.97 Å². The highest BCUT2D eigenvalue weighted by atomic mass is 32.1. The molecule has 0 radical (unpaired) electrons. The van der Waals surface area contributed by atoms with Gasteiger partial charge in [-0.15, -0.1) is 0 Å². The number of fused-ring (bicyclic) bond motifs is 1. The molecule has 1 aromatic heterocycles. The van der Waals surface area contributed by atoms with Gasteiger partial charge in [-0.3, -0.25) is 4.79 Å². The second-order valence-electron chi connectivity index (χ2n) is 9.31. The topological polar surface area (TPSA) is 71.0 Å². The summed E-state index contributed by atoms with van der Waals surface area (Å²) in [5.41, 5.74) is 3.37. The number of hydrogen-bond acceptors (Lipinski definition) is 7. The van der Waals surface area contributed by atoms with Crippen LogP contribution in [-0.2, 0) is 16.0 Å². The van der Waals surface area contributed by atoms with Gasteiger partial charge in [0.15, 0.2) is 0 Å². The average molecular weight is 482 g/mol. The summed E-state index contributed by atoms with van der Waals surface area (Å²) in [5.74, 6) is 1.64. The molecule has 0 unspecified atom stereocenters. The van der Waals surface area contributed by atoms with Crippen molar-refractivity contribution in [3.63, 3.8) is 0 Å². The molecule has 0 N–H and O–H groups in total. The lowest BCUT2D eigenvalue weighted by Gasteiger charge is -2.33. The molecule has 0 bridgehead atoms. The van der Waals surface area contributed by atoms with Crippen LogP contribution in [0.15, 0.2) is 30.6 Å². The normalized spacial score (nSPS) is 18.6. The maximum absolute atomic E-state index is 12.1. The van der Waals surface area contributed by atoms with Crippen LogP contribution >= 0.6 is 12.2 Å². The summed E-state index contributed by atoms with van der Waals surface area (Å²) in [6, 6.07) is 8.22. The number of aromatic nitrogens is 2. The largest absolute Gasteiger partial charge is 0.474 e. The van der Waals surface area contributed by atoms with Crippen LogP contribution < -0.4 is 14.5 Å². The molecular weight excluding hydrogens is 450 g/mol. The van der Waals surface area contributed by atoms with Crippen molar-refractivity contribution in [1.29, 1.82) is 0 Å². The molecule has 4 heterocycles. The van der Waals surface area contributed by atoms with Crippen molar-refractivity contribution in [3.8, 4) is 5.88 Å². The Morgan fingerprint density at radius 2 is 1.88 bits per heavy atom. The number of benzene rings is 1. The van der Waals surface area contributed by atoms with Gasteiger partial charge in [-0.1, -0.05) is 0 Å². The van der Waals surface area contributed by atoms with E-state index < -0.39 is 0 Å². The summed E-state index contributed by atoms with van der Waals surface area (Å²) >= 11 is 5.39.